The fourth-order valence-corrected chi connectivity index (χ4v) is 8.12. The van der Waals surface area contributed by atoms with Gasteiger partial charge < -0.3 is 0 Å². The lowest BCUT2D eigenvalue weighted by atomic mass is 9.93. The van der Waals surface area contributed by atoms with E-state index in [9.17, 15) is 0 Å². The number of nitrogens with zero attached hydrogens (tertiary/aromatic N) is 3. The predicted octanol–water partition coefficient (Wildman–Crippen LogP) is 11.0. The van der Waals surface area contributed by atoms with Crippen LogP contribution in [-0.4, -0.2) is 14.4 Å². The Bertz CT molecular complexity index is 2790. The molecule has 44 heavy (non-hydrogen) atoms. The maximum Gasteiger partial charge on any atom is 0.146 e. The molecule has 3 nitrogen and oxygen atoms in total. The molecule has 0 aliphatic rings. The van der Waals surface area contributed by atoms with Crippen molar-refractivity contribution in [3.05, 3.63) is 140 Å². The van der Waals surface area contributed by atoms with Crippen molar-refractivity contribution in [1.82, 2.24) is 14.4 Å². The quantitative estimate of drug-likeness (QED) is 0.191. The van der Waals surface area contributed by atoms with E-state index in [1.165, 1.54) is 59.4 Å². The Morgan fingerprint density at radius 2 is 1.16 bits per heavy atom. The van der Waals surface area contributed by atoms with Gasteiger partial charge in [0.15, 0.2) is 0 Å². The van der Waals surface area contributed by atoms with E-state index in [1.54, 1.807) is 11.3 Å². The second kappa shape index (κ2) is 8.96. The molecule has 0 fully saturated rings. The number of aromatic nitrogens is 3. The van der Waals surface area contributed by atoms with Crippen molar-refractivity contribution < 1.29 is 0 Å². The van der Waals surface area contributed by atoms with Gasteiger partial charge in [0.1, 0.15) is 10.5 Å². The van der Waals surface area contributed by atoms with E-state index in [1.807, 2.05) is 0 Å². The zero-order valence-corrected chi connectivity index (χ0v) is 24.3. The van der Waals surface area contributed by atoms with Gasteiger partial charge in [-0.25, -0.2) is 9.97 Å². The molecule has 0 aliphatic heterocycles. The lowest BCUT2D eigenvalue weighted by Crippen LogP contribution is -1.92. The number of pyridine rings is 2. The summed E-state index contributed by atoms with van der Waals surface area (Å²) in [5.74, 6) is 0. The van der Waals surface area contributed by atoms with Crippen LogP contribution in [0.1, 0.15) is 0 Å². The molecule has 0 saturated heterocycles. The summed E-state index contributed by atoms with van der Waals surface area (Å²) in [7, 11) is 0. The molecule has 4 heteroatoms. The number of rotatable bonds is 2. The largest absolute Gasteiger partial charge is 0.292 e. The summed E-state index contributed by atoms with van der Waals surface area (Å²) in [6.07, 6.45) is 0. The number of thiophene rings is 1. The molecule has 0 aliphatic carbocycles. The third-order valence-corrected chi connectivity index (χ3v) is 10.0. The minimum Gasteiger partial charge on any atom is -0.292 e. The summed E-state index contributed by atoms with van der Waals surface area (Å²) >= 11 is 1.77. The Morgan fingerprint density at radius 3 is 2.07 bits per heavy atom. The fourth-order valence-electron chi connectivity index (χ4n) is 7.02. The molecular weight excluding hydrogens is 555 g/mol. The normalized spacial score (nSPS) is 12.1. The number of para-hydroxylation sites is 3. The smallest absolute Gasteiger partial charge is 0.146 e. The van der Waals surface area contributed by atoms with Gasteiger partial charge in [0.05, 0.1) is 22.1 Å². The van der Waals surface area contributed by atoms with Crippen molar-refractivity contribution >= 4 is 80.9 Å². The van der Waals surface area contributed by atoms with Crippen molar-refractivity contribution in [1.29, 1.82) is 0 Å². The number of hydrogen-bond donors (Lipinski definition) is 0. The van der Waals surface area contributed by atoms with Crippen LogP contribution in [0.25, 0.3) is 91.8 Å². The van der Waals surface area contributed by atoms with E-state index in [4.69, 9.17) is 9.97 Å². The highest BCUT2D eigenvalue weighted by molar-refractivity contribution is 7.25. The molecular formula is C40H23N3S. The van der Waals surface area contributed by atoms with E-state index in [2.05, 4.69) is 144 Å². The molecule has 0 atom stereocenters. The van der Waals surface area contributed by atoms with Crippen LogP contribution in [0.4, 0.5) is 0 Å². The first kappa shape index (κ1) is 23.9. The van der Waals surface area contributed by atoms with Crippen molar-refractivity contribution in [3.8, 4) is 22.3 Å². The van der Waals surface area contributed by atoms with E-state index >= 15 is 0 Å². The highest BCUT2D eigenvalue weighted by Crippen LogP contribution is 2.43. The minimum atomic E-state index is 1.00. The Morgan fingerprint density at radius 1 is 0.455 bits per heavy atom. The van der Waals surface area contributed by atoms with Crippen LogP contribution in [0.5, 0.6) is 0 Å². The van der Waals surface area contributed by atoms with Gasteiger partial charge in [-0.05, 0) is 64.5 Å². The first-order chi connectivity index (χ1) is 21.8. The Hall–Kier alpha value is -5.58. The van der Waals surface area contributed by atoms with Gasteiger partial charge in [0.2, 0.25) is 0 Å². The summed E-state index contributed by atoms with van der Waals surface area (Å²) in [6.45, 7) is 0. The van der Waals surface area contributed by atoms with Crippen LogP contribution in [0, 0.1) is 0 Å². The molecule has 10 rings (SSSR count). The molecule has 0 unspecified atom stereocenters. The molecule has 4 heterocycles. The maximum atomic E-state index is 5.10. The molecule has 0 saturated carbocycles. The van der Waals surface area contributed by atoms with Crippen molar-refractivity contribution in [2.75, 3.05) is 0 Å². The fraction of sp³-hybridized carbons (Fsp3) is 0. The van der Waals surface area contributed by atoms with Crippen molar-refractivity contribution in [3.63, 3.8) is 0 Å². The van der Waals surface area contributed by atoms with Crippen LogP contribution in [0.15, 0.2) is 140 Å². The van der Waals surface area contributed by atoms with Crippen LogP contribution in [0.3, 0.4) is 0 Å². The van der Waals surface area contributed by atoms with Gasteiger partial charge >= 0.3 is 0 Å². The first-order valence-electron chi connectivity index (χ1n) is 14.8. The van der Waals surface area contributed by atoms with Crippen LogP contribution in [-0.2, 0) is 0 Å². The number of fused-ring (bicyclic) bond motifs is 12. The van der Waals surface area contributed by atoms with Crippen molar-refractivity contribution in [2.45, 2.75) is 0 Å². The average molecular weight is 578 g/mol. The summed E-state index contributed by atoms with van der Waals surface area (Å²) < 4.78 is 3.58. The first-order valence-corrected chi connectivity index (χ1v) is 15.7. The Labute approximate surface area is 256 Å². The topological polar surface area (TPSA) is 30.2 Å². The van der Waals surface area contributed by atoms with Gasteiger partial charge in [0.25, 0.3) is 0 Å². The molecule has 204 valence electrons. The molecule has 0 spiro atoms. The van der Waals surface area contributed by atoms with Crippen LogP contribution in [0.2, 0.25) is 0 Å². The molecule has 0 bridgehead atoms. The third-order valence-electron chi connectivity index (χ3n) is 8.96. The molecule has 6 aromatic carbocycles. The number of benzene rings is 6. The van der Waals surface area contributed by atoms with E-state index in [0.717, 1.165) is 32.4 Å². The lowest BCUT2D eigenvalue weighted by molar-refractivity contribution is 1.31. The summed E-state index contributed by atoms with van der Waals surface area (Å²) in [5.41, 5.74) is 10.2. The third kappa shape index (κ3) is 3.31. The standard InChI is InChI=1S/C40H23N3S/c1-2-13-28-27(12-1)31-23-25(20-21-34(31)43-35-18-7-6-17-33(35)41-39(28)43)24-10-9-11-26(22-24)37-29-14-3-5-16-32(29)42-40-38(37)30-15-4-8-19-36(30)44-40/h1-23H. The zero-order chi connectivity index (χ0) is 28.8. The monoisotopic (exact) mass is 577 g/mol. The Balaban J connectivity index is 1.25. The minimum absolute atomic E-state index is 1.00. The zero-order valence-electron chi connectivity index (χ0n) is 23.5. The molecule has 0 radical (unpaired) electrons. The highest BCUT2D eigenvalue weighted by atomic mass is 32.1. The van der Waals surface area contributed by atoms with Gasteiger partial charge in [0, 0.05) is 37.2 Å². The Kier molecular flexibility index (Phi) is 4.87. The predicted molar refractivity (Wildman–Crippen MR) is 187 cm³/mol. The molecule has 4 aromatic heterocycles. The van der Waals surface area contributed by atoms with Gasteiger partial charge in [-0.2, -0.15) is 0 Å². The van der Waals surface area contributed by atoms with Gasteiger partial charge in [-0.1, -0.05) is 97.1 Å². The molecule has 0 N–H and O–H groups in total. The van der Waals surface area contributed by atoms with E-state index in [-0.39, 0.29) is 0 Å². The molecule has 0 amide bonds. The van der Waals surface area contributed by atoms with Crippen LogP contribution >= 0.6 is 11.3 Å². The summed E-state index contributed by atoms with van der Waals surface area (Å²) in [4.78, 5) is 11.2. The number of hydrogen-bond acceptors (Lipinski definition) is 3. The number of imidazole rings is 1. The second-order valence-corrected chi connectivity index (χ2v) is 12.4. The SMILES string of the molecule is c1cc(-c2ccc3c(c2)c2ccccc2c2nc4ccccc4n32)cc(-c2c3ccccc3nc3sc4ccccc4c23)c1. The van der Waals surface area contributed by atoms with E-state index < -0.39 is 0 Å². The molecule has 10 aromatic rings. The summed E-state index contributed by atoms with van der Waals surface area (Å²) in [5, 5.41) is 7.28. The van der Waals surface area contributed by atoms with Crippen molar-refractivity contribution in [2.24, 2.45) is 0 Å². The van der Waals surface area contributed by atoms with E-state index in [0.29, 0.717) is 0 Å². The second-order valence-electron chi connectivity index (χ2n) is 11.4. The van der Waals surface area contributed by atoms with Gasteiger partial charge in [-0.3, -0.25) is 4.40 Å². The summed E-state index contributed by atoms with van der Waals surface area (Å²) in [6, 6.07) is 50.1. The lowest BCUT2D eigenvalue weighted by Gasteiger charge is -2.13. The average Bonchev–Trinajstić information content (AvgIpc) is 3.66. The van der Waals surface area contributed by atoms with Crippen LogP contribution < -0.4 is 0 Å². The van der Waals surface area contributed by atoms with Gasteiger partial charge in [-0.15, -0.1) is 11.3 Å². The maximum absolute atomic E-state index is 5.10. The highest BCUT2D eigenvalue weighted by Gasteiger charge is 2.18.